The van der Waals surface area contributed by atoms with Crippen molar-refractivity contribution in [2.45, 2.75) is 82.8 Å². The third kappa shape index (κ3) is 6.48. The van der Waals surface area contributed by atoms with Crippen molar-refractivity contribution in [1.82, 2.24) is 14.9 Å². The number of benzene rings is 2. The quantitative estimate of drug-likeness (QED) is 0.217. The second-order valence-electron chi connectivity index (χ2n) is 10.9. The number of rotatable bonds is 8. The molecule has 3 aromatic rings. The van der Waals surface area contributed by atoms with Crippen LogP contribution in [0.15, 0.2) is 53.6 Å². The van der Waals surface area contributed by atoms with E-state index in [0.29, 0.717) is 29.9 Å². The van der Waals surface area contributed by atoms with E-state index in [9.17, 15) is 13.2 Å². The van der Waals surface area contributed by atoms with Crippen molar-refractivity contribution in [1.29, 1.82) is 0 Å². The Morgan fingerprint density at radius 2 is 1.76 bits per heavy atom. The van der Waals surface area contributed by atoms with E-state index in [1.807, 2.05) is 6.20 Å². The molecule has 1 aliphatic heterocycles. The van der Waals surface area contributed by atoms with Gasteiger partial charge >= 0.3 is 0 Å². The highest BCUT2D eigenvalue weighted by Crippen LogP contribution is 2.33. The monoisotopic (exact) mass is 532 g/mol. The first-order valence-corrected chi connectivity index (χ1v) is 14.7. The minimum absolute atomic E-state index is 0.0947. The van der Waals surface area contributed by atoms with Crippen molar-refractivity contribution < 1.29 is 13.2 Å². The van der Waals surface area contributed by atoms with E-state index in [1.54, 1.807) is 12.1 Å². The number of carbonyl (C=O) groups excluding carboxylic acids is 1. The number of fused-ring (bicyclic) bond motifs is 1. The molecule has 7 nitrogen and oxygen atoms in total. The summed E-state index contributed by atoms with van der Waals surface area (Å²) in [5.74, 6) is 1.30. The Bertz CT molecular complexity index is 1360. The van der Waals surface area contributed by atoms with Crippen LogP contribution in [-0.2, 0) is 23.8 Å². The van der Waals surface area contributed by atoms with E-state index in [1.165, 1.54) is 41.7 Å². The number of aromatic nitrogens is 2. The fourth-order valence-electron chi connectivity index (χ4n) is 5.93. The summed E-state index contributed by atoms with van der Waals surface area (Å²) in [7, 11) is -2.61. The van der Waals surface area contributed by atoms with Crippen molar-refractivity contribution in [3.05, 3.63) is 76.6 Å². The molecule has 2 aromatic carbocycles. The first-order valence-electron chi connectivity index (χ1n) is 13.6. The normalized spacial score (nSPS) is 19.8. The van der Waals surface area contributed by atoms with Gasteiger partial charge in [0.25, 0.3) is 0 Å². The van der Waals surface area contributed by atoms with Crippen LogP contribution in [0.4, 0.5) is 11.6 Å². The summed E-state index contributed by atoms with van der Waals surface area (Å²) in [6.45, 7) is 5.95. The number of nitrogens with zero attached hydrogens (tertiary/aromatic N) is 3. The third-order valence-electron chi connectivity index (χ3n) is 7.91. The largest absolute Gasteiger partial charge is 0.324 e. The zero-order valence-corrected chi connectivity index (χ0v) is 23.0. The van der Waals surface area contributed by atoms with Crippen molar-refractivity contribution in [2.75, 3.05) is 5.32 Å². The van der Waals surface area contributed by atoms with Crippen LogP contribution in [0.1, 0.15) is 77.7 Å². The Kier molecular flexibility index (Phi) is 8.19. The van der Waals surface area contributed by atoms with Gasteiger partial charge in [-0.3, -0.25) is 9.69 Å². The van der Waals surface area contributed by atoms with Gasteiger partial charge in [-0.15, -0.1) is 0 Å². The molecule has 2 atom stereocenters. The molecule has 1 aliphatic carbocycles. The van der Waals surface area contributed by atoms with Crippen molar-refractivity contribution in [3.8, 4) is 0 Å². The van der Waals surface area contributed by atoms with Crippen LogP contribution in [0.3, 0.4) is 0 Å². The van der Waals surface area contributed by atoms with Gasteiger partial charge in [-0.2, -0.15) is 0 Å². The standard InChI is InChI=1S/C30H36N4O3S/c1-20-14-21(2)16-25(15-20)32-30-31-17-24-18-34(19-28(24)33-30)26-5-3-4-22(6-10-26)7-13-29(35)23-8-11-27(12-9-23)38(36)37/h8-9,11-12,14-17,22,26,38H,3-7,10,13,18-19H2,1-2H3,(H,31,32,33)/t22?,26-/m0/s1. The van der Waals surface area contributed by atoms with Gasteiger partial charge in [0.15, 0.2) is 16.5 Å². The maximum atomic E-state index is 12.7. The highest BCUT2D eigenvalue weighted by atomic mass is 32.2. The van der Waals surface area contributed by atoms with E-state index in [4.69, 9.17) is 4.98 Å². The fourth-order valence-corrected chi connectivity index (χ4v) is 6.33. The van der Waals surface area contributed by atoms with Crippen molar-refractivity contribution in [2.24, 2.45) is 5.92 Å². The number of nitrogens with one attached hydrogen (secondary N) is 1. The molecule has 5 rings (SSSR count). The highest BCUT2D eigenvalue weighted by Gasteiger charge is 2.29. The lowest BCUT2D eigenvalue weighted by Gasteiger charge is -2.26. The van der Waals surface area contributed by atoms with Crippen LogP contribution in [0, 0.1) is 19.8 Å². The van der Waals surface area contributed by atoms with E-state index < -0.39 is 10.7 Å². The summed E-state index contributed by atoms with van der Waals surface area (Å²) >= 11 is 0. The van der Waals surface area contributed by atoms with Crippen LogP contribution < -0.4 is 5.32 Å². The molecule has 2 heterocycles. The minimum atomic E-state index is -2.61. The lowest BCUT2D eigenvalue weighted by molar-refractivity contribution is 0.0972. The zero-order chi connectivity index (χ0) is 26.6. The summed E-state index contributed by atoms with van der Waals surface area (Å²) in [5.41, 5.74) is 6.37. The molecular formula is C30H36N4O3S. The van der Waals surface area contributed by atoms with Gasteiger partial charge in [0.1, 0.15) is 0 Å². The maximum absolute atomic E-state index is 12.7. The molecule has 2 aliphatic rings. The molecule has 1 N–H and O–H groups in total. The number of carbonyl (C=O) groups is 1. The van der Waals surface area contributed by atoms with E-state index in [2.05, 4.69) is 47.2 Å². The van der Waals surface area contributed by atoms with E-state index >= 15 is 0 Å². The SMILES string of the molecule is Cc1cc(C)cc(Nc2ncc3c(n2)CN([C@H]2CCCC(CCC(=O)c4ccc([SH](=O)=O)cc4)CC2)C3)c1. The number of thiol groups is 1. The average Bonchev–Trinajstić information content (AvgIpc) is 3.16. The molecule has 8 heteroatoms. The smallest absolute Gasteiger partial charge is 0.227 e. The van der Waals surface area contributed by atoms with Crippen molar-refractivity contribution >= 4 is 28.1 Å². The number of anilines is 2. The lowest BCUT2D eigenvalue weighted by atomic mass is 9.92. The molecule has 0 saturated heterocycles. The van der Waals surface area contributed by atoms with Gasteiger partial charge in [-0.1, -0.05) is 31.0 Å². The summed E-state index contributed by atoms with van der Waals surface area (Å²) in [6, 6.07) is 13.2. The van der Waals surface area contributed by atoms with Crippen molar-refractivity contribution in [3.63, 3.8) is 0 Å². The van der Waals surface area contributed by atoms with Crippen LogP contribution in [-0.4, -0.2) is 35.1 Å². The molecule has 0 amide bonds. The minimum Gasteiger partial charge on any atom is -0.324 e. The Hall–Kier alpha value is -3.10. The Morgan fingerprint density at radius 1 is 1.00 bits per heavy atom. The average molecular weight is 533 g/mol. The molecule has 1 saturated carbocycles. The van der Waals surface area contributed by atoms with Crippen LogP contribution >= 0.6 is 0 Å². The van der Waals surface area contributed by atoms with Gasteiger partial charge in [-0.05, 0) is 80.8 Å². The number of hydrogen-bond acceptors (Lipinski definition) is 7. The Labute approximate surface area is 226 Å². The van der Waals surface area contributed by atoms with E-state index in [-0.39, 0.29) is 10.7 Å². The predicted molar refractivity (Wildman–Crippen MR) is 149 cm³/mol. The first-order chi connectivity index (χ1) is 18.3. The fraction of sp³-hybridized carbons (Fsp3) is 0.433. The lowest BCUT2D eigenvalue weighted by Crippen LogP contribution is -2.30. The summed E-state index contributed by atoms with van der Waals surface area (Å²) < 4.78 is 22.1. The molecular weight excluding hydrogens is 496 g/mol. The third-order valence-corrected chi connectivity index (χ3v) is 8.63. The van der Waals surface area contributed by atoms with Gasteiger partial charge in [-0.25, -0.2) is 18.4 Å². The summed E-state index contributed by atoms with van der Waals surface area (Å²) in [4.78, 5) is 24.9. The van der Waals surface area contributed by atoms with Crippen LogP contribution in [0.25, 0.3) is 0 Å². The second-order valence-corrected chi connectivity index (χ2v) is 11.9. The summed E-state index contributed by atoms with van der Waals surface area (Å²) in [5, 5.41) is 3.37. The van der Waals surface area contributed by atoms with E-state index in [0.717, 1.165) is 50.2 Å². The molecule has 0 spiro atoms. The Balaban J connectivity index is 1.13. The predicted octanol–water partition coefficient (Wildman–Crippen LogP) is 5.73. The maximum Gasteiger partial charge on any atom is 0.227 e. The highest BCUT2D eigenvalue weighted by molar-refractivity contribution is 7.72. The number of aryl methyl sites for hydroxylation is 2. The first kappa shape index (κ1) is 26.5. The van der Waals surface area contributed by atoms with Crippen LogP contribution in [0.2, 0.25) is 0 Å². The van der Waals surface area contributed by atoms with Gasteiger partial charge in [0.2, 0.25) is 5.95 Å². The molecule has 1 aromatic heterocycles. The molecule has 0 bridgehead atoms. The Morgan fingerprint density at radius 3 is 2.50 bits per heavy atom. The second kappa shape index (κ2) is 11.7. The molecule has 0 radical (unpaired) electrons. The summed E-state index contributed by atoms with van der Waals surface area (Å²) in [6.07, 6.45) is 9.15. The zero-order valence-electron chi connectivity index (χ0n) is 22.2. The number of ketones is 1. The number of hydrogen-bond donors (Lipinski definition) is 2. The molecule has 38 heavy (non-hydrogen) atoms. The van der Waals surface area contributed by atoms with Gasteiger partial charge in [0.05, 0.1) is 10.6 Å². The molecule has 1 unspecified atom stereocenters. The number of Topliss-reactive ketones (excluding diaryl/α,β-unsaturated/α-hetero) is 1. The van der Waals surface area contributed by atoms with Gasteiger partial charge in [0, 0.05) is 48.6 Å². The topological polar surface area (TPSA) is 92.3 Å². The molecule has 200 valence electrons. The molecule has 1 fully saturated rings. The van der Waals surface area contributed by atoms with Crippen LogP contribution in [0.5, 0.6) is 0 Å². The van der Waals surface area contributed by atoms with Gasteiger partial charge < -0.3 is 5.32 Å².